The number of ether oxygens (including phenoxy) is 2. The van der Waals surface area contributed by atoms with Crippen LogP contribution in [0.5, 0.6) is 0 Å². The Balaban J connectivity index is 2.77. The highest BCUT2D eigenvalue weighted by Gasteiger charge is 2.15. The second kappa shape index (κ2) is 6.70. The van der Waals surface area contributed by atoms with Crippen LogP contribution in [0.25, 0.3) is 6.08 Å². The van der Waals surface area contributed by atoms with Crippen LogP contribution in [-0.2, 0) is 14.3 Å². The molecule has 4 nitrogen and oxygen atoms in total. The highest BCUT2D eigenvalue weighted by molar-refractivity contribution is 7.15. The van der Waals surface area contributed by atoms with E-state index in [1.807, 2.05) is 33.8 Å². The number of esters is 2. The first-order valence-electron chi connectivity index (χ1n) is 6.41. The number of carbonyl (C=O) groups is 2. The van der Waals surface area contributed by atoms with Gasteiger partial charge in [-0.05, 0) is 52.3 Å². The molecule has 0 aliphatic heterocycles. The van der Waals surface area contributed by atoms with E-state index in [0.29, 0.717) is 11.5 Å². The fourth-order valence-electron chi connectivity index (χ4n) is 1.47. The molecular weight excluding hydrogens is 276 g/mol. The van der Waals surface area contributed by atoms with E-state index in [0.717, 1.165) is 10.4 Å². The van der Waals surface area contributed by atoms with Crippen molar-refractivity contribution in [3.63, 3.8) is 0 Å². The van der Waals surface area contributed by atoms with Crippen LogP contribution in [-0.4, -0.2) is 24.1 Å². The van der Waals surface area contributed by atoms with Crippen molar-refractivity contribution in [2.24, 2.45) is 0 Å². The molecule has 110 valence electrons. The lowest BCUT2D eigenvalue weighted by Gasteiger charge is -2.17. The van der Waals surface area contributed by atoms with E-state index in [1.54, 1.807) is 13.0 Å². The molecule has 1 aromatic rings. The zero-order valence-corrected chi connectivity index (χ0v) is 13.3. The van der Waals surface area contributed by atoms with Gasteiger partial charge in [-0.3, -0.25) is 0 Å². The molecule has 0 fully saturated rings. The summed E-state index contributed by atoms with van der Waals surface area (Å²) >= 11 is 1.30. The third kappa shape index (κ3) is 5.17. The fraction of sp³-hybridized carbons (Fsp3) is 0.467. The number of hydrogen-bond acceptors (Lipinski definition) is 5. The van der Waals surface area contributed by atoms with Gasteiger partial charge in [-0.15, -0.1) is 11.3 Å². The fourth-order valence-corrected chi connectivity index (χ4v) is 2.44. The van der Waals surface area contributed by atoms with Crippen molar-refractivity contribution in [1.29, 1.82) is 0 Å². The molecule has 5 heteroatoms. The van der Waals surface area contributed by atoms with E-state index in [4.69, 9.17) is 9.47 Å². The topological polar surface area (TPSA) is 52.6 Å². The number of aryl methyl sites for hydroxylation is 1. The van der Waals surface area contributed by atoms with Crippen molar-refractivity contribution < 1.29 is 19.1 Å². The van der Waals surface area contributed by atoms with E-state index in [2.05, 4.69) is 0 Å². The van der Waals surface area contributed by atoms with Gasteiger partial charge in [-0.25, -0.2) is 9.59 Å². The predicted molar refractivity (Wildman–Crippen MR) is 79.9 cm³/mol. The third-order valence-electron chi connectivity index (χ3n) is 2.19. The Kier molecular flexibility index (Phi) is 5.51. The molecule has 0 aromatic carbocycles. The number of rotatable bonds is 4. The van der Waals surface area contributed by atoms with Crippen LogP contribution < -0.4 is 0 Å². The Morgan fingerprint density at radius 1 is 1.35 bits per heavy atom. The summed E-state index contributed by atoms with van der Waals surface area (Å²) in [6.07, 6.45) is 3.01. The maximum atomic E-state index is 11.7. The molecule has 0 aliphatic rings. The van der Waals surface area contributed by atoms with Crippen LogP contribution in [0.4, 0.5) is 0 Å². The molecule has 0 saturated carbocycles. The molecule has 0 N–H and O–H groups in total. The molecule has 0 spiro atoms. The molecule has 0 radical (unpaired) electrons. The van der Waals surface area contributed by atoms with Crippen molar-refractivity contribution in [2.45, 2.75) is 40.2 Å². The Morgan fingerprint density at radius 2 is 2.00 bits per heavy atom. The van der Waals surface area contributed by atoms with Gasteiger partial charge < -0.3 is 9.47 Å². The summed E-state index contributed by atoms with van der Waals surface area (Å²) in [5.74, 6) is -0.729. The lowest BCUT2D eigenvalue weighted by molar-refractivity contribution is -0.148. The van der Waals surface area contributed by atoms with E-state index < -0.39 is 11.6 Å². The third-order valence-corrected chi connectivity index (χ3v) is 3.37. The maximum Gasteiger partial charge on any atom is 0.348 e. The van der Waals surface area contributed by atoms with E-state index >= 15 is 0 Å². The van der Waals surface area contributed by atoms with Crippen molar-refractivity contribution in [2.75, 3.05) is 6.61 Å². The summed E-state index contributed by atoms with van der Waals surface area (Å²) in [6, 6.07) is 1.85. The van der Waals surface area contributed by atoms with Crippen molar-refractivity contribution in [1.82, 2.24) is 0 Å². The van der Waals surface area contributed by atoms with Gasteiger partial charge in [-0.1, -0.05) is 0 Å². The zero-order valence-electron chi connectivity index (χ0n) is 12.5. The van der Waals surface area contributed by atoms with Gasteiger partial charge in [0.2, 0.25) is 0 Å². The molecule has 0 atom stereocenters. The molecule has 1 heterocycles. The molecule has 0 bridgehead atoms. The number of thiophene rings is 1. The molecular formula is C15H20O4S. The lowest BCUT2D eigenvalue weighted by Crippen LogP contribution is -2.22. The smallest absolute Gasteiger partial charge is 0.348 e. The van der Waals surface area contributed by atoms with Crippen LogP contribution in [0.3, 0.4) is 0 Å². The van der Waals surface area contributed by atoms with E-state index in [1.165, 1.54) is 17.4 Å². The van der Waals surface area contributed by atoms with Gasteiger partial charge in [0.25, 0.3) is 0 Å². The second-order valence-corrected chi connectivity index (χ2v) is 6.33. The van der Waals surface area contributed by atoms with Crippen molar-refractivity contribution in [3.8, 4) is 0 Å². The predicted octanol–water partition coefficient (Wildman–Crippen LogP) is 3.59. The summed E-state index contributed by atoms with van der Waals surface area (Å²) < 4.78 is 10.1. The first-order chi connectivity index (χ1) is 9.23. The quantitative estimate of drug-likeness (QED) is 0.629. The highest BCUT2D eigenvalue weighted by Crippen LogP contribution is 2.24. The Labute approximate surface area is 123 Å². The Hall–Kier alpha value is -1.62. The zero-order chi connectivity index (χ0) is 15.3. The van der Waals surface area contributed by atoms with Crippen molar-refractivity contribution >= 4 is 29.4 Å². The van der Waals surface area contributed by atoms with Gasteiger partial charge >= 0.3 is 11.9 Å². The van der Waals surface area contributed by atoms with Crippen LogP contribution >= 0.6 is 11.3 Å². The SMILES string of the molecule is CCOC(=O)c1sc(/C=C/C(=O)OC(C)(C)C)cc1C. The minimum Gasteiger partial charge on any atom is -0.462 e. The van der Waals surface area contributed by atoms with Crippen LogP contribution in [0.15, 0.2) is 12.1 Å². The summed E-state index contributed by atoms with van der Waals surface area (Å²) in [6.45, 7) is 9.39. The summed E-state index contributed by atoms with van der Waals surface area (Å²) in [5.41, 5.74) is 0.334. The molecule has 20 heavy (non-hydrogen) atoms. The van der Waals surface area contributed by atoms with Gasteiger partial charge in [0.05, 0.1) is 6.61 Å². The second-order valence-electron chi connectivity index (χ2n) is 5.25. The summed E-state index contributed by atoms with van der Waals surface area (Å²) in [4.78, 5) is 24.6. The van der Waals surface area contributed by atoms with Crippen LogP contribution in [0, 0.1) is 6.92 Å². The van der Waals surface area contributed by atoms with Gasteiger partial charge in [0.15, 0.2) is 0 Å². The highest BCUT2D eigenvalue weighted by atomic mass is 32.1. The number of carbonyl (C=O) groups excluding carboxylic acids is 2. The minimum atomic E-state index is -0.511. The van der Waals surface area contributed by atoms with Crippen molar-refractivity contribution in [3.05, 3.63) is 27.5 Å². The van der Waals surface area contributed by atoms with E-state index in [-0.39, 0.29) is 5.97 Å². The molecule has 0 aliphatic carbocycles. The van der Waals surface area contributed by atoms with Crippen LogP contribution in [0.2, 0.25) is 0 Å². The normalized spacial score (nSPS) is 11.7. The molecule has 1 rings (SSSR count). The Bertz CT molecular complexity index is 520. The number of hydrogen-bond donors (Lipinski definition) is 0. The first kappa shape index (κ1) is 16.4. The maximum absolute atomic E-state index is 11.7. The standard InChI is InChI=1S/C15H20O4S/c1-6-18-14(17)13-10(2)9-11(20-13)7-8-12(16)19-15(3,4)5/h7-9H,6H2,1-5H3/b8-7+. The average molecular weight is 296 g/mol. The first-order valence-corrected chi connectivity index (χ1v) is 7.23. The average Bonchev–Trinajstić information content (AvgIpc) is 2.66. The monoisotopic (exact) mass is 296 g/mol. The molecule has 0 amide bonds. The largest absolute Gasteiger partial charge is 0.462 e. The summed E-state index contributed by atoms with van der Waals surface area (Å²) in [5, 5.41) is 0. The van der Waals surface area contributed by atoms with Gasteiger partial charge in [0.1, 0.15) is 10.5 Å². The minimum absolute atomic E-state index is 0.327. The summed E-state index contributed by atoms with van der Waals surface area (Å²) in [7, 11) is 0. The van der Waals surface area contributed by atoms with Gasteiger partial charge in [-0.2, -0.15) is 0 Å². The molecule has 0 saturated heterocycles. The van der Waals surface area contributed by atoms with Crippen LogP contribution in [0.1, 0.15) is 47.8 Å². The Morgan fingerprint density at radius 3 is 2.55 bits per heavy atom. The lowest BCUT2D eigenvalue weighted by atomic mass is 10.2. The molecule has 1 aromatic heterocycles. The molecule has 0 unspecified atom stereocenters. The van der Waals surface area contributed by atoms with E-state index in [9.17, 15) is 9.59 Å². The van der Waals surface area contributed by atoms with Gasteiger partial charge in [0, 0.05) is 11.0 Å².